The number of hydrazine groups is 1. The average Bonchev–Trinajstić information content (AvgIpc) is 3.19. The van der Waals surface area contributed by atoms with Gasteiger partial charge in [-0.3, -0.25) is 0 Å². The highest BCUT2D eigenvalue weighted by molar-refractivity contribution is 5.64. The average molecular weight is 383 g/mol. The number of carbonyl (C=O) groups is 1. The molecule has 0 spiro atoms. The lowest BCUT2D eigenvalue weighted by atomic mass is 10.1. The number of nitrogens with one attached hydrogen (secondary N) is 1. The van der Waals surface area contributed by atoms with Crippen LogP contribution in [0.4, 0.5) is 4.79 Å². The Morgan fingerprint density at radius 1 is 1.11 bits per heavy atom. The van der Waals surface area contributed by atoms with E-state index in [-0.39, 0.29) is 6.04 Å². The number of carboxylic acid groups (broad SMARTS) is 1. The van der Waals surface area contributed by atoms with Crippen molar-refractivity contribution in [1.82, 2.24) is 15.3 Å². The van der Waals surface area contributed by atoms with Crippen LogP contribution in [0.15, 0.2) is 48.5 Å². The maximum Gasteiger partial charge on any atom is 0.422 e. The molecule has 1 amide bonds. The minimum absolute atomic E-state index is 0.242. The van der Waals surface area contributed by atoms with E-state index in [0.717, 1.165) is 35.6 Å². The predicted octanol–water partition coefficient (Wildman–Crippen LogP) is 2.72. The van der Waals surface area contributed by atoms with E-state index in [9.17, 15) is 9.90 Å². The van der Waals surface area contributed by atoms with Crippen LogP contribution < -0.4 is 14.8 Å². The molecule has 2 aromatic carbocycles. The van der Waals surface area contributed by atoms with Crippen molar-refractivity contribution >= 4 is 6.09 Å². The zero-order chi connectivity index (χ0) is 19.3. The molecule has 1 saturated heterocycles. The molecule has 2 heterocycles. The first-order chi connectivity index (χ1) is 13.7. The van der Waals surface area contributed by atoms with Crippen LogP contribution in [0.3, 0.4) is 0 Å². The number of fused-ring (bicyclic) bond motifs is 1. The molecule has 148 valence electrons. The summed E-state index contributed by atoms with van der Waals surface area (Å²) in [6.07, 6.45) is -0.0142. The van der Waals surface area contributed by atoms with Crippen molar-refractivity contribution in [1.29, 1.82) is 0 Å². The van der Waals surface area contributed by atoms with Gasteiger partial charge in [-0.15, -0.1) is 0 Å². The van der Waals surface area contributed by atoms with Gasteiger partial charge >= 0.3 is 6.09 Å². The van der Waals surface area contributed by atoms with E-state index in [4.69, 9.17) is 9.47 Å². The van der Waals surface area contributed by atoms with Crippen molar-refractivity contribution in [3.63, 3.8) is 0 Å². The predicted molar refractivity (Wildman–Crippen MR) is 104 cm³/mol. The second kappa shape index (κ2) is 8.50. The van der Waals surface area contributed by atoms with Crippen LogP contribution in [-0.4, -0.2) is 53.6 Å². The summed E-state index contributed by atoms with van der Waals surface area (Å²) in [6, 6.07) is 15.9. The molecule has 2 N–H and O–H groups in total. The van der Waals surface area contributed by atoms with E-state index in [1.165, 1.54) is 5.01 Å². The highest BCUT2D eigenvalue weighted by Gasteiger charge is 2.29. The highest BCUT2D eigenvalue weighted by Crippen LogP contribution is 2.30. The Morgan fingerprint density at radius 2 is 1.89 bits per heavy atom. The highest BCUT2D eigenvalue weighted by atomic mass is 16.6. The van der Waals surface area contributed by atoms with Crippen LogP contribution in [0.1, 0.15) is 17.5 Å². The number of rotatable bonds is 6. The first-order valence-electron chi connectivity index (χ1n) is 9.60. The van der Waals surface area contributed by atoms with Gasteiger partial charge in [0.05, 0.1) is 6.54 Å². The zero-order valence-corrected chi connectivity index (χ0v) is 15.7. The second-order valence-corrected chi connectivity index (χ2v) is 7.08. The third-order valence-electron chi connectivity index (χ3n) is 5.11. The summed E-state index contributed by atoms with van der Waals surface area (Å²) in [7, 11) is 0. The normalized spacial score (nSPS) is 18.8. The summed E-state index contributed by atoms with van der Waals surface area (Å²) in [6.45, 7) is 3.63. The fourth-order valence-corrected chi connectivity index (χ4v) is 3.63. The third-order valence-corrected chi connectivity index (χ3v) is 5.11. The van der Waals surface area contributed by atoms with E-state index in [1.807, 2.05) is 53.5 Å². The molecule has 1 atom stereocenters. The lowest BCUT2D eigenvalue weighted by molar-refractivity contribution is 0.00120. The van der Waals surface area contributed by atoms with Gasteiger partial charge in [0.25, 0.3) is 0 Å². The Morgan fingerprint density at radius 3 is 2.68 bits per heavy atom. The Bertz CT molecular complexity index is 815. The maximum atomic E-state index is 11.8. The lowest BCUT2D eigenvalue weighted by Gasteiger charge is -2.29. The number of hydrogen-bond acceptors (Lipinski definition) is 5. The molecule has 1 unspecified atom stereocenters. The van der Waals surface area contributed by atoms with Gasteiger partial charge in [0.2, 0.25) is 0 Å². The van der Waals surface area contributed by atoms with Gasteiger partial charge in [0.15, 0.2) is 11.5 Å². The number of benzene rings is 2. The smallest absolute Gasteiger partial charge is 0.422 e. The summed E-state index contributed by atoms with van der Waals surface area (Å²) in [5.41, 5.74) is 2.11. The summed E-state index contributed by atoms with van der Waals surface area (Å²) in [5, 5.41) is 16.5. The molecule has 1 fully saturated rings. The van der Waals surface area contributed by atoms with Gasteiger partial charge in [-0.1, -0.05) is 36.4 Å². The molecule has 0 radical (unpaired) electrons. The number of hydrogen-bond donors (Lipinski definition) is 2. The monoisotopic (exact) mass is 383 g/mol. The molecule has 2 aromatic rings. The lowest BCUT2D eigenvalue weighted by Crippen LogP contribution is -2.45. The molecule has 0 saturated carbocycles. The Hall–Kier alpha value is -2.77. The summed E-state index contributed by atoms with van der Waals surface area (Å²) in [5.74, 6) is 1.58. The molecule has 2 aliphatic heterocycles. The van der Waals surface area contributed by atoms with Gasteiger partial charge in [0, 0.05) is 25.7 Å². The molecule has 28 heavy (non-hydrogen) atoms. The van der Waals surface area contributed by atoms with Crippen LogP contribution in [0, 0.1) is 0 Å². The Kier molecular flexibility index (Phi) is 5.64. The minimum Gasteiger partial charge on any atom is -0.486 e. The van der Waals surface area contributed by atoms with Crippen LogP contribution in [0.25, 0.3) is 0 Å². The van der Waals surface area contributed by atoms with Crippen molar-refractivity contribution in [2.24, 2.45) is 0 Å². The van der Waals surface area contributed by atoms with Crippen molar-refractivity contribution in [2.45, 2.75) is 25.6 Å². The molecule has 7 nitrogen and oxygen atoms in total. The Balaban J connectivity index is 1.32. The van der Waals surface area contributed by atoms with Gasteiger partial charge < -0.3 is 19.9 Å². The molecule has 7 heteroatoms. The van der Waals surface area contributed by atoms with Gasteiger partial charge in [-0.05, 0) is 29.7 Å². The fraction of sp³-hybridized carbons (Fsp3) is 0.381. The minimum atomic E-state index is -0.920. The van der Waals surface area contributed by atoms with Crippen LogP contribution in [-0.2, 0) is 13.1 Å². The number of ether oxygens (including phenoxy) is 2. The first-order valence-corrected chi connectivity index (χ1v) is 9.60. The third kappa shape index (κ3) is 4.37. The van der Waals surface area contributed by atoms with E-state index in [0.29, 0.717) is 32.8 Å². The molecule has 0 aromatic heterocycles. The van der Waals surface area contributed by atoms with Crippen molar-refractivity contribution in [2.75, 3.05) is 26.3 Å². The molecule has 0 aliphatic carbocycles. The van der Waals surface area contributed by atoms with Crippen molar-refractivity contribution in [3.05, 3.63) is 59.7 Å². The van der Waals surface area contributed by atoms with Gasteiger partial charge in [0.1, 0.15) is 13.2 Å². The molecule has 2 aliphatic rings. The first kappa shape index (κ1) is 18.6. The van der Waals surface area contributed by atoms with E-state index in [2.05, 4.69) is 5.32 Å². The largest absolute Gasteiger partial charge is 0.486 e. The van der Waals surface area contributed by atoms with Gasteiger partial charge in [-0.2, -0.15) is 0 Å². The van der Waals surface area contributed by atoms with E-state index in [1.54, 1.807) is 0 Å². The zero-order valence-electron chi connectivity index (χ0n) is 15.7. The Labute approximate surface area is 164 Å². The second-order valence-electron chi connectivity index (χ2n) is 7.08. The standard InChI is InChI=1S/C21H25N3O4/c25-21(26)24(14-16-4-2-1-3-5-16)23-9-8-18(15-23)22-13-17-6-7-19-20(12-17)28-11-10-27-19/h1-7,12,18,22H,8-11,13-15H2,(H,25,26). The van der Waals surface area contributed by atoms with E-state index >= 15 is 0 Å². The van der Waals surface area contributed by atoms with Crippen LogP contribution in [0.2, 0.25) is 0 Å². The SMILES string of the molecule is O=C(O)N(Cc1ccccc1)N1CCC(NCc2ccc3c(c2)OCCO3)C1. The van der Waals surface area contributed by atoms with E-state index < -0.39 is 6.09 Å². The summed E-state index contributed by atoms with van der Waals surface area (Å²) < 4.78 is 11.2. The number of amides is 1. The van der Waals surface area contributed by atoms with Crippen molar-refractivity contribution in [3.8, 4) is 11.5 Å². The molecular formula is C21H25N3O4. The summed E-state index contributed by atoms with van der Waals surface area (Å²) in [4.78, 5) is 11.8. The van der Waals surface area contributed by atoms with Crippen molar-refractivity contribution < 1.29 is 19.4 Å². The van der Waals surface area contributed by atoms with Gasteiger partial charge in [-0.25, -0.2) is 14.8 Å². The van der Waals surface area contributed by atoms with Crippen LogP contribution >= 0.6 is 0 Å². The fourth-order valence-electron chi connectivity index (χ4n) is 3.63. The molecule has 4 rings (SSSR count). The van der Waals surface area contributed by atoms with Crippen LogP contribution in [0.5, 0.6) is 11.5 Å². The summed E-state index contributed by atoms with van der Waals surface area (Å²) >= 11 is 0. The number of nitrogens with zero attached hydrogens (tertiary/aromatic N) is 2. The molecular weight excluding hydrogens is 358 g/mol. The quantitative estimate of drug-likeness (QED) is 0.799. The topological polar surface area (TPSA) is 74.3 Å². The maximum absolute atomic E-state index is 11.8. The molecule has 0 bridgehead atoms.